The second-order valence-electron chi connectivity index (χ2n) is 6.07. The molecule has 0 saturated carbocycles. The van der Waals surface area contributed by atoms with Crippen LogP contribution >= 0.6 is 0 Å². The van der Waals surface area contributed by atoms with Crippen LogP contribution in [0.3, 0.4) is 0 Å². The molecule has 0 aliphatic carbocycles. The number of carboxylic acid groups (broad SMARTS) is 1. The van der Waals surface area contributed by atoms with Crippen molar-refractivity contribution in [3.63, 3.8) is 0 Å². The number of unbranched alkanes of at least 4 members (excludes halogenated alkanes) is 14. The van der Waals surface area contributed by atoms with Gasteiger partial charge >= 0.3 is 103 Å². The quantitative estimate of drug-likeness (QED) is 0.307. The van der Waals surface area contributed by atoms with Gasteiger partial charge in [0, 0.05) is 5.97 Å². The molecule has 0 N–H and O–H groups in total. The molecule has 0 spiro atoms. The molecule has 0 atom stereocenters. The zero-order valence-corrected chi connectivity index (χ0v) is 17.8. The monoisotopic (exact) mass is 362 g/mol. The Morgan fingerprint density at radius 2 is 0.909 bits per heavy atom. The minimum atomic E-state index is -0.903. The van der Waals surface area contributed by atoms with Crippen LogP contribution < -0.4 is 56.5 Å². The van der Waals surface area contributed by atoms with Crippen molar-refractivity contribution in [2.75, 3.05) is 0 Å². The van der Waals surface area contributed by atoms with Crippen molar-refractivity contribution in [1.29, 1.82) is 0 Å². The number of aliphatic carboxylic acids is 1. The predicted octanol–water partition coefficient (Wildman–Crippen LogP) is 1.35. The summed E-state index contributed by atoms with van der Waals surface area (Å²) in [4.78, 5) is 10.2. The van der Waals surface area contributed by atoms with Gasteiger partial charge in [0.1, 0.15) is 0 Å². The summed E-state index contributed by atoms with van der Waals surface area (Å²) in [6.45, 7) is 2.27. The fourth-order valence-electron chi connectivity index (χ4n) is 2.64. The van der Waals surface area contributed by atoms with Crippen molar-refractivity contribution < 1.29 is 61.3 Å². The molecule has 4 heteroatoms. The summed E-state index contributed by atoms with van der Waals surface area (Å²) in [5, 5.41) is 10.2. The molecule has 0 aromatic carbocycles. The Labute approximate surface area is 224 Å². The summed E-state index contributed by atoms with van der Waals surface area (Å²) in [6.07, 6.45) is 19.9. The van der Waals surface area contributed by atoms with Gasteiger partial charge in [-0.25, -0.2) is 0 Å². The van der Waals surface area contributed by atoms with Crippen molar-refractivity contribution >= 4 is 57.4 Å². The fraction of sp³-hybridized carbons (Fsp3) is 0.944. The van der Waals surface area contributed by atoms with Crippen LogP contribution in [0.2, 0.25) is 0 Å². The Morgan fingerprint density at radius 1 is 0.636 bits per heavy atom. The molecule has 122 valence electrons. The molecule has 0 fully saturated rings. The first-order valence-electron chi connectivity index (χ1n) is 8.97. The van der Waals surface area contributed by atoms with Gasteiger partial charge in [-0.05, 0) is 12.8 Å². The number of carbonyl (C=O) groups is 1. The number of hydrogen-bond donors (Lipinski definition) is 0. The van der Waals surface area contributed by atoms with E-state index in [0.29, 0.717) is 0 Å². The molecule has 0 aromatic heterocycles. The third-order valence-corrected chi connectivity index (χ3v) is 3.98. The SMILES string of the molecule is CCCCCCCCCCCCCCCCCC(=O)[O-].[K+].[KH]. The van der Waals surface area contributed by atoms with E-state index in [1.54, 1.807) is 0 Å². The van der Waals surface area contributed by atoms with E-state index < -0.39 is 5.97 Å². The summed E-state index contributed by atoms with van der Waals surface area (Å²) >= 11 is 0. The predicted molar refractivity (Wildman–Crippen MR) is 91.7 cm³/mol. The van der Waals surface area contributed by atoms with E-state index in [0.717, 1.165) is 12.8 Å². The Bertz CT molecular complexity index is 211. The summed E-state index contributed by atoms with van der Waals surface area (Å²) in [6, 6.07) is 0. The maximum atomic E-state index is 10.2. The minimum absolute atomic E-state index is 0. The summed E-state index contributed by atoms with van der Waals surface area (Å²) in [5.41, 5.74) is 0. The molecule has 22 heavy (non-hydrogen) atoms. The summed E-state index contributed by atoms with van der Waals surface area (Å²) in [5.74, 6) is -0.903. The summed E-state index contributed by atoms with van der Waals surface area (Å²) < 4.78 is 0. The van der Waals surface area contributed by atoms with Crippen molar-refractivity contribution in [3.05, 3.63) is 0 Å². The van der Waals surface area contributed by atoms with E-state index in [9.17, 15) is 9.90 Å². The topological polar surface area (TPSA) is 40.1 Å². The number of carbonyl (C=O) groups excluding carboxylic acids is 1. The molecular formula is C18H36K2O2. The Balaban J connectivity index is -0.00000180. The van der Waals surface area contributed by atoms with Crippen molar-refractivity contribution in [3.8, 4) is 0 Å². The van der Waals surface area contributed by atoms with Gasteiger partial charge in [0.2, 0.25) is 0 Å². The van der Waals surface area contributed by atoms with E-state index in [4.69, 9.17) is 0 Å². The fourth-order valence-corrected chi connectivity index (χ4v) is 2.64. The van der Waals surface area contributed by atoms with Crippen LogP contribution in [0.15, 0.2) is 0 Å². The normalized spacial score (nSPS) is 9.86. The van der Waals surface area contributed by atoms with Crippen LogP contribution in [0.5, 0.6) is 0 Å². The van der Waals surface area contributed by atoms with E-state index in [-0.39, 0.29) is 109 Å². The first-order chi connectivity index (χ1) is 9.77. The zero-order valence-electron chi connectivity index (χ0n) is 14.6. The third kappa shape index (κ3) is 27.6. The van der Waals surface area contributed by atoms with Gasteiger partial charge in [-0.1, -0.05) is 96.8 Å². The number of hydrogen-bond acceptors (Lipinski definition) is 2. The van der Waals surface area contributed by atoms with Crippen LogP contribution in [0.4, 0.5) is 0 Å². The molecule has 0 aliphatic heterocycles. The van der Waals surface area contributed by atoms with E-state index in [2.05, 4.69) is 6.92 Å². The second-order valence-corrected chi connectivity index (χ2v) is 6.07. The van der Waals surface area contributed by atoms with Gasteiger partial charge in [-0.15, -0.1) is 0 Å². The van der Waals surface area contributed by atoms with E-state index in [1.165, 1.54) is 83.5 Å². The van der Waals surface area contributed by atoms with Gasteiger partial charge in [0.15, 0.2) is 0 Å². The molecule has 0 saturated heterocycles. The second kappa shape index (κ2) is 26.0. The van der Waals surface area contributed by atoms with Crippen LogP contribution in [0, 0.1) is 0 Å². The molecule has 0 bridgehead atoms. The van der Waals surface area contributed by atoms with Crippen LogP contribution in [0.25, 0.3) is 0 Å². The molecule has 0 unspecified atom stereocenters. The van der Waals surface area contributed by atoms with Crippen molar-refractivity contribution in [2.45, 2.75) is 110 Å². The van der Waals surface area contributed by atoms with Gasteiger partial charge in [0.05, 0.1) is 0 Å². The molecule has 0 heterocycles. The van der Waals surface area contributed by atoms with Crippen LogP contribution in [-0.4, -0.2) is 57.4 Å². The number of carboxylic acids is 1. The van der Waals surface area contributed by atoms with Crippen LogP contribution in [0.1, 0.15) is 110 Å². The zero-order chi connectivity index (χ0) is 14.9. The van der Waals surface area contributed by atoms with E-state index >= 15 is 0 Å². The van der Waals surface area contributed by atoms with Gasteiger partial charge in [-0.2, -0.15) is 0 Å². The summed E-state index contributed by atoms with van der Waals surface area (Å²) in [7, 11) is 0. The molecule has 0 aromatic rings. The average molecular weight is 363 g/mol. The molecule has 0 radical (unpaired) electrons. The third-order valence-electron chi connectivity index (χ3n) is 3.98. The van der Waals surface area contributed by atoms with Crippen molar-refractivity contribution in [2.24, 2.45) is 0 Å². The molecule has 0 aliphatic rings. The van der Waals surface area contributed by atoms with Gasteiger partial charge < -0.3 is 9.90 Å². The molecule has 0 rings (SSSR count). The first-order valence-corrected chi connectivity index (χ1v) is 8.97. The maximum absolute atomic E-state index is 10.2. The van der Waals surface area contributed by atoms with Gasteiger partial charge in [0.25, 0.3) is 0 Å². The molecule has 2 nitrogen and oxygen atoms in total. The molecule has 0 amide bonds. The Kier molecular flexibility index (Phi) is 34.8. The molecular weight excluding hydrogens is 326 g/mol. The average Bonchev–Trinajstić information content (AvgIpc) is 2.43. The van der Waals surface area contributed by atoms with E-state index in [1.807, 2.05) is 0 Å². The first kappa shape index (κ1) is 29.5. The standard InChI is InChI=1S/C18H36O2.2K.H/c1-2-3-4-5-6-7-8-9-10-11-12-13-14-15-16-17-18(19)20;;;/h2-17H2,1H3,(H,19,20);;;/q;;+1;/p-1. The van der Waals surface area contributed by atoms with Gasteiger partial charge in [-0.3, -0.25) is 0 Å². The Morgan fingerprint density at radius 3 is 1.18 bits per heavy atom. The number of rotatable bonds is 16. The Hall–Kier alpha value is 2.74. The van der Waals surface area contributed by atoms with Crippen molar-refractivity contribution in [1.82, 2.24) is 0 Å². The van der Waals surface area contributed by atoms with Crippen LogP contribution in [-0.2, 0) is 4.79 Å².